The second-order valence-electron chi connectivity index (χ2n) is 9.72. The van der Waals surface area contributed by atoms with Crippen LogP contribution in [0.15, 0.2) is 18.2 Å². The van der Waals surface area contributed by atoms with Crippen LogP contribution in [0.5, 0.6) is 0 Å². The van der Waals surface area contributed by atoms with E-state index in [4.69, 9.17) is 4.74 Å². The summed E-state index contributed by atoms with van der Waals surface area (Å²) in [6.45, 7) is 2.50. The van der Waals surface area contributed by atoms with Crippen LogP contribution < -0.4 is 0 Å². The van der Waals surface area contributed by atoms with E-state index in [1.54, 1.807) is 0 Å². The highest BCUT2D eigenvalue weighted by molar-refractivity contribution is 5.35. The van der Waals surface area contributed by atoms with Crippen LogP contribution in [0.3, 0.4) is 0 Å². The minimum absolute atomic E-state index is 0.155. The van der Waals surface area contributed by atoms with Gasteiger partial charge < -0.3 is 4.74 Å². The molecule has 1 aliphatic heterocycles. The van der Waals surface area contributed by atoms with Crippen LogP contribution >= 0.6 is 0 Å². The van der Waals surface area contributed by atoms with Gasteiger partial charge in [-0.25, -0.2) is 0 Å². The third kappa shape index (κ3) is 5.59. The summed E-state index contributed by atoms with van der Waals surface area (Å²) in [5.41, 5.74) is 3.26. The van der Waals surface area contributed by atoms with Crippen LogP contribution in [-0.2, 0) is 22.5 Å². The van der Waals surface area contributed by atoms with Crippen LogP contribution in [0, 0.1) is 17.8 Å². The van der Waals surface area contributed by atoms with Gasteiger partial charge in [0.25, 0.3) is 0 Å². The highest BCUT2D eigenvalue weighted by atomic mass is 19.4. The number of ether oxygens (including phenoxy) is 2. The summed E-state index contributed by atoms with van der Waals surface area (Å²) in [6, 6.07) is 6.27. The summed E-state index contributed by atoms with van der Waals surface area (Å²) in [7, 11) is 0. The maximum absolute atomic E-state index is 12.4. The number of hydrogen-bond acceptors (Lipinski definition) is 2. The fourth-order valence-corrected chi connectivity index (χ4v) is 6.16. The van der Waals surface area contributed by atoms with Gasteiger partial charge in [-0.3, -0.25) is 4.74 Å². The van der Waals surface area contributed by atoms with E-state index < -0.39 is 12.7 Å². The molecule has 2 fully saturated rings. The van der Waals surface area contributed by atoms with Gasteiger partial charge in [0.2, 0.25) is 0 Å². The van der Waals surface area contributed by atoms with E-state index in [0.29, 0.717) is 5.92 Å². The first-order valence-corrected chi connectivity index (χ1v) is 11.9. The number of rotatable bonds is 5. The first-order valence-electron chi connectivity index (χ1n) is 11.9. The van der Waals surface area contributed by atoms with Gasteiger partial charge in [-0.15, -0.1) is 13.2 Å². The molecule has 0 N–H and O–H groups in total. The Balaban J connectivity index is 1.29. The molecule has 30 heavy (non-hydrogen) atoms. The van der Waals surface area contributed by atoms with Crippen LogP contribution in [-0.4, -0.2) is 12.7 Å². The highest BCUT2D eigenvalue weighted by Crippen LogP contribution is 2.44. The molecule has 168 valence electrons. The molecule has 1 aromatic rings. The molecule has 1 aromatic carbocycles. The van der Waals surface area contributed by atoms with Crippen molar-refractivity contribution >= 4 is 0 Å². The number of benzene rings is 1. The van der Waals surface area contributed by atoms with Crippen molar-refractivity contribution in [3.05, 3.63) is 34.9 Å². The van der Waals surface area contributed by atoms with Gasteiger partial charge in [-0.05, 0) is 78.9 Å². The Labute approximate surface area is 178 Å². The minimum atomic E-state index is -4.66. The fourth-order valence-electron chi connectivity index (χ4n) is 6.16. The summed E-state index contributed by atoms with van der Waals surface area (Å²) < 4.78 is 46.7. The maximum Gasteiger partial charge on any atom is 0.524 e. The molecule has 0 spiro atoms. The van der Waals surface area contributed by atoms with E-state index in [0.717, 1.165) is 28.9 Å². The van der Waals surface area contributed by atoms with Crippen molar-refractivity contribution < 1.29 is 22.6 Å². The number of alkyl halides is 3. The van der Waals surface area contributed by atoms with Crippen molar-refractivity contribution in [1.82, 2.24) is 0 Å². The molecule has 2 aliphatic carbocycles. The average Bonchev–Trinajstić information content (AvgIpc) is 2.73. The molecule has 4 rings (SSSR count). The quantitative estimate of drug-likeness (QED) is 0.487. The van der Waals surface area contributed by atoms with Gasteiger partial charge in [0.15, 0.2) is 6.29 Å². The molecule has 1 unspecified atom stereocenters. The zero-order valence-corrected chi connectivity index (χ0v) is 18.1. The lowest BCUT2D eigenvalue weighted by Gasteiger charge is -2.38. The SMILES string of the molecule is CCCC1CCC(C2CCC(c3ccc4c(c3)COC(OC(F)(F)F)C4)CC2)CC1. The molecule has 2 nitrogen and oxygen atoms in total. The van der Waals surface area contributed by atoms with Crippen LogP contribution in [0.4, 0.5) is 13.2 Å². The van der Waals surface area contributed by atoms with Gasteiger partial charge in [-0.2, -0.15) is 0 Å². The summed E-state index contributed by atoms with van der Waals surface area (Å²) in [5, 5.41) is 0. The van der Waals surface area contributed by atoms with E-state index >= 15 is 0 Å². The number of hydrogen-bond donors (Lipinski definition) is 0. The fraction of sp³-hybridized carbons (Fsp3) is 0.760. The predicted molar refractivity (Wildman–Crippen MR) is 111 cm³/mol. The van der Waals surface area contributed by atoms with E-state index in [1.807, 2.05) is 6.07 Å². The molecule has 0 saturated heterocycles. The van der Waals surface area contributed by atoms with E-state index in [2.05, 4.69) is 23.8 Å². The number of fused-ring (bicyclic) bond motifs is 1. The predicted octanol–water partition coefficient (Wildman–Crippen LogP) is 7.50. The van der Waals surface area contributed by atoms with Crippen molar-refractivity contribution in [2.75, 3.05) is 0 Å². The lowest BCUT2D eigenvalue weighted by atomic mass is 9.68. The highest BCUT2D eigenvalue weighted by Gasteiger charge is 2.36. The Morgan fingerprint density at radius 2 is 1.60 bits per heavy atom. The normalized spacial score (nSPS) is 32.6. The minimum Gasteiger partial charge on any atom is -0.347 e. The second kappa shape index (κ2) is 9.60. The van der Waals surface area contributed by atoms with Crippen LogP contribution in [0.1, 0.15) is 93.7 Å². The van der Waals surface area contributed by atoms with E-state index in [-0.39, 0.29) is 13.0 Å². The molecular formula is C25H35F3O2. The van der Waals surface area contributed by atoms with E-state index in [9.17, 15) is 13.2 Å². The second-order valence-corrected chi connectivity index (χ2v) is 9.72. The molecule has 0 aromatic heterocycles. The molecule has 0 bridgehead atoms. The molecular weight excluding hydrogens is 389 g/mol. The third-order valence-corrected chi connectivity index (χ3v) is 7.80. The lowest BCUT2D eigenvalue weighted by molar-refractivity contribution is -0.381. The van der Waals surface area contributed by atoms with Crippen molar-refractivity contribution in [2.24, 2.45) is 17.8 Å². The zero-order valence-electron chi connectivity index (χ0n) is 18.1. The Hall–Kier alpha value is -1.07. The molecule has 2 saturated carbocycles. The van der Waals surface area contributed by atoms with Gasteiger partial charge in [0.1, 0.15) is 0 Å². The van der Waals surface area contributed by atoms with Crippen molar-refractivity contribution in [1.29, 1.82) is 0 Å². The van der Waals surface area contributed by atoms with Gasteiger partial charge in [-0.1, -0.05) is 50.8 Å². The standard InChI is InChI=1S/C25H35F3O2/c1-2-3-17-4-6-18(7-5-17)19-8-10-20(11-9-19)21-12-13-22-15-24(30-25(26,27)28)29-16-23(22)14-21/h12-14,17-20,24H,2-11,15-16H2,1H3. The molecule has 0 radical (unpaired) electrons. The van der Waals surface area contributed by atoms with Crippen molar-refractivity contribution in [3.63, 3.8) is 0 Å². The van der Waals surface area contributed by atoms with Crippen molar-refractivity contribution in [3.8, 4) is 0 Å². The molecule has 3 aliphatic rings. The molecule has 5 heteroatoms. The summed E-state index contributed by atoms with van der Waals surface area (Å²) in [4.78, 5) is 0. The first-order chi connectivity index (χ1) is 14.4. The van der Waals surface area contributed by atoms with Gasteiger partial charge in [0, 0.05) is 6.42 Å². The molecule has 1 heterocycles. The maximum atomic E-state index is 12.4. The summed E-state index contributed by atoms with van der Waals surface area (Å²) in [5.74, 6) is 3.38. The Morgan fingerprint density at radius 3 is 2.23 bits per heavy atom. The lowest BCUT2D eigenvalue weighted by Crippen LogP contribution is -2.31. The topological polar surface area (TPSA) is 18.5 Å². The van der Waals surface area contributed by atoms with Crippen molar-refractivity contribution in [2.45, 2.75) is 103 Å². The van der Waals surface area contributed by atoms with Crippen LogP contribution in [0.25, 0.3) is 0 Å². The molecule has 1 atom stereocenters. The summed E-state index contributed by atoms with van der Waals surface area (Å²) >= 11 is 0. The summed E-state index contributed by atoms with van der Waals surface area (Å²) in [6.07, 6.45) is 7.83. The monoisotopic (exact) mass is 424 g/mol. The average molecular weight is 425 g/mol. The zero-order chi connectivity index (χ0) is 21.1. The Kier molecular flexibility index (Phi) is 7.08. The molecule has 0 amide bonds. The largest absolute Gasteiger partial charge is 0.524 e. The number of halogens is 3. The third-order valence-electron chi connectivity index (χ3n) is 7.80. The Morgan fingerprint density at radius 1 is 0.933 bits per heavy atom. The van der Waals surface area contributed by atoms with Gasteiger partial charge in [0.05, 0.1) is 6.61 Å². The van der Waals surface area contributed by atoms with Crippen LogP contribution in [0.2, 0.25) is 0 Å². The van der Waals surface area contributed by atoms with Gasteiger partial charge >= 0.3 is 6.36 Å². The Bertz CT molecular complexity index is 686. The smallest absolute Gasteiger partial charge is 0.347 e. The van der Waals surface area contributed by atoms with E-state index in [1.165, 1.54) is 69.8 Å². The first kappa shape index (κ1) is 22.1.